The summed E-state index contributed by atoms with van der Waals surface area (Å²) in [6.45, 7) is 3.40. The second-order valence-corrected chi connectivity index (χ2v) is 9.44. The second kappa shape index (κ2) is 8.13. The lowest BCUT2D eigenvalue weighted by atomic mass is 10.0. The lowest BCUT2D eigenvalue weighted by Gasteiger charge is -2.30. The number of aryl methyl sites for hydroxylation is 1. The first-order chi connectivity index (χ1) is 14.0. The zero-order valence-corrected chi connectivity index (χ0v) is 17.5. The van der Waals surface area contributed by atoms with Crippen molar-refractivity contribution in [3.8, 4) is 0 Å². The molecule has 152 valence electrons. The van der Waals surface area contributed by atoms with Gasteiger partial charge in [0.1, 0.15) is 0 Å². The molecule has 0 fully saturated rings. The highest BCUT2D eigenvalue weighted by molar-refractivity contribution is 7.89. The first-order valence-electron chi connectivity index (χ1n) is 10.2. The first kappa shape index (κ1) is 19.9. The lowest BCUT2D eigenvalue weighted by molar-refractivity contribution is -0.118. The fourth-order valence-corrected chi connectivity index (χ4v) is 5.55. The molecule has 0 saturated carbocycles. The number of carbonyl (C=O) groups excluding carboxylic acids is 1. The van der Waals surface area contributed by atoms with Crippen LogP contribution in [0.25, 0.3) is 5.57 Å². The monoisotopic (exact) mass is 410 g/mol. The summed E-state index contributed by atoms with van der Waals surface area (Å²) in [6, 6.07) is 15.3. The molecule has 5 nitrogen and oxygen atoms in total. The molecule has 6 heteroatoms. The zero-order chi connectivity index (χ0) is 20.4. The third-order valence-corrected chi connectivity index (χ3v) is 7.59. The Kier molecular flexibility index (Phi) is 5.56. The van der Waals surface area contributed by atoms with Crippen LogP contribution in [0.15, 0.2) is 59.5 Å². The molecule has 29 heavy (non-hydrogen) atoms. The van der Waals surface area contributed by atoms with E-state index in [1.807, 2.05) is 31.2 Å². The molecule has 2 heterocycles. The molecule has 0 aromatic heterocycles. The van der Waals surface area contributed by atoms with Crippen molar-refractivity contribution >= 4 is 27.2 Å². The summed E-state index contributed by atoms with van der Waals surface area (Å²) in [6.07, 6.45) is 4.81. The molecule has 0 radical (unpaired) electrons. The number of anilines is 1. The number of benzene rings is 2. The average Bonchev–Trinajstić information content (AvgIpc) is 2.78. The van der Waals surface area contributed by atoms with Crippen LogP contribution in [0.5, 0.6) is 0 Å². The van der Waals surface area contributed by atoms with Crippen LogP contribution in [0.1, 0.15) is 37.3 Å². The van der Waals surface area contributed by atoms with Gasteiger partial charge in [-0.15, -0.1) is 0 Å². The number of nitrogens with zero attached hydrogens (tertiary/aromatic N) is 2. The molecule has 0 unspecified atom stereocenters. The van der Waals surface area contributed by atoms with E-state index in [9.17, 15) is 13.2 Å². The summed E-state index contributed by atoms with van der Waals surface area (Å²) >= 11 is 0. The molecule has 4 rings (SSSR count). The van der Waals surface area contributed by atoms with Gasteiger partial charge >= 0.3 is 0 Å². The Morgan fingerprint density at radius 2 is 1.83 bits per heavy atom. The molecule has 0 saturated heterocycles. The summed E-state index contributed by atoms with van der Waals surface area (Å²) in [5.41, 5.74) is 4.14. The van der Waals surface area contributed by atoms with Crippen LogP contribution in [-0.4, -0.2) is 38.3 Å². The predicted octanol–water partition coefficient (Wildman–Crippen LogP) is 3.85. The van der Waals surface area contributed by atoms with Crippen molar-refractivity contribution in [3.63, 3.8) is 0 Å². The Labute approximate surface area is 172 Å². The Hall–Kier alpha value is -2.44. The minimum atomic E-state index is -3.56. The number of hydrogen-bond acceptors (Lipinski definition) is 3. The minimum absolute atomic E-state index is 0.0798. The minimum Gasteiger partial charge on any atom is -0.312 e. The zero-order valence-electron chi connectivity index (χ0n) is 16.7. The number of fused-ring (bicyclic) bond motifs is 1. The molecule has 0 aliphatic carbocycles. The third-order valence-electron chi connectivity index (χ3n) is 5.73. The maximum atomic E-state index is 13.2. The van der Waals surface area contributed by atoms with Gasteiger partial charge in [-0.3, -0.25) is 4.79 Å². The fourth-order valence-electron chi connectivity index (χ4n) is 4.12. The normalized spacial score (nSPS) is 17.6. The van der Waals surface area contributed by atoms with Gasteiger partial charge in [-0.05, 0) is 54.2 Å². The largest absolute Gasteiger partial charge is 0.312 e. The molecule has 1 amide bonds. The second-order valence-electron chi connectivity index (χ2n) is 7.50. The summed E-state index contributed by atoms with van der Waals surface area (Å²) in [5.74, 6) is 0.0798. The van der Waals surface area contributed by atoms with Crippen molar-refractivity contribution in [1.82, 2.24) is 4.31 Å². The Morgan fingerprint density at radius 1 is 1.03 bits per heavy atom. The highest BCUT2D eigenvalue weighted by Gasteiger charge is 2.29. The quantitative estimate of drug-likeness (QED) is 0.769. The molecule has 2 aromatic carbocycles. The highest BCUT2D eigenvalue weighted by atomic mass is 32.2. The Morgan fingerprint density at radius 3 is 2.52 bits per heavy atom. The molecule has 0 bridgehead atoms. The van der Waals surface area contributed by atoms with Gasteiger partial charge in [0.2, 0.25) is 15.9 Å². The van der Waals surface area contributed by atoms with Crippen LogP contribution < -0.4 is 4.90 Å². The number of hydrogen-bond donors (Lipinski definition) is 0. The van der Waals surface area contributed by atoms with Crippen LogP contribution >= 0.6 is 0 Å². The van der Waals surface area contributed by atoms with Crippen molar-refractivity contribution in [2.24, 2.45) is 0 Å². The molecule has 2 aliphatic heterocycles. The summed E-state index contributed by atoms with van der Waals surface area (Å²) in [4.78, 5) is 14.3. The van der Waals surface area contributed by atoms with Gasteiger partial charge in [0.05, 0.1) is 4.90 Å². The summed E-state index contributed by atoms with van der Waals surface area (Å²) in [5, 5.41) is 0. The molecule has 0 N–H and O–H groups in total. The molecule has 0 spiro atoms. The number of carbonyl (C=O) groups is 1. The van der Waals surface area contributed by atoms with E-state index in [2.05, 4.69) is 12.1 Å². The van der Waals surface area contributed by atoms with Gasteiger partial charge in [-0.25, -0.2) is 8.42 Å². The van der Waals surface area contributed by atoms with Crippen molar-refractivity contribution in [1.29, 1.82) is 0 Å². The van der Waals surface area contributed by atoms with E-state index in [1.54, 1.807) is 27.4 Å². The Bertz CT molecular complexity index is 1050. The van der Waals surface area contributed by atoms with Gasteiger partial charge in [0.15, 0.2) is 0 Å². The van der Waals surface area contributed by atoms with Crippen LogP contribution in [0.3, 0.4) is 0 Å². The van der Waals surface area contributed by atoms with E-state index in [1.165, 1.54) is 5.57 Å². The van der Waals surface area contributed by atoms with Crippen LogP contribution in [0, 0.1) is 0 Å². The molecule has 2 aliphatic rings. The predicted molar refractivity (Wildman–Crippen MR) is 115 cm³/mol. The smallest absolute Gasteiger partial charge is 0.243 e. The fraction of sp³-hybridized carbons (Fsp3) is 0.348. The number of rotatable bonds is 4. The van der Waals surface area contributed by atoms with Crippen molar-refractivity contribution in [2.75, 3.05) is 24.5 Å². The lowest BCUT2D eigenvalue weighted by Crippen LogP contribution is -2.36. The maximum Gasteiger partial charge on any atom is 0.243 e. The van der Waals surface area contributed by atoms with E-state index >= 15 is 0 Å². The van der Waals surface area contributed by atoms with E-state index in [4.69, 9.17) is 0 Å². The van der Waals surface area contributed by atoms with Gasteiger partial charge in [0, 0.05) is 31.7 Å². The van der Waals surface area contributed by atoms with E-state index in [-0.39, 0.29) is 5.91 Å². The van der Waals surface area contributed by atoms with Gasteiger partial charge in [-0.2, -0.15) is 4.31 Å². The van der Waals surface area contributed by atoms with Crippen molar-refractivity contribution in [3.05, 3.63) is 65.7 Å². The molecular formula is C23H26N2O3S. The van der Waals surface area contributed by atoms with Crippen molar-refractivity contribution in [2.45, 2.75) is 37.5 Å². The third kappa shape index (κ3) is 3.87. The average molecular weight is 411 g/mol. The van der Waals surface area contributed by atoms with Crippen LogP contribution in [0.4, 0.5) is 5.69 Å². The topological polar surface area (TPSA) is 57.7 Å². The van der Waals surface area contributed by atoms with E-state index in [0.29, 0.717) is 37.4 Å². The number of sulfonamides is 1. The van der Waals surface area contributed by atoms with Gasteiger partial charge < -0.3 is 4.90 Å². The SMILES string of the molecule is CCC(=O)N1CCCc2cc(S(=O)(=O)N3CC=C(c4ccccc4)CC3)ccc21. The van der Waals surface area contributed by atoms with Crippen LogP contribution in [-0.2, 0) is 21.2 Å². The summed E-state index contributed by atoms with van der Waals surface area (Å²) in [7, 11) is -3.56. The molecule has 0 atom stereocenters. The van der Waals surface area contributed by atoms with E-state index < -0.39 is 10.0 Å². The number of amides is 1. The molecular weight excluding hydrogens is 384 g/mol. The van der Waals surface area contributed by atoms with Crippen LogP contribution in [0.2, 0.25) is 0 Å². The van der Waals surface area contributed by atoms with Crippen molar-refractivity contribution < 1.29 is 13.2 Å². The van der Waals surface area contributed by atoms with Gasteiger partial charge in [0.25, 0.3) is 0 Å². The van der Waals surface area contributed by atoms with Gasteiger partial charge in [-0.1, -0.05) is 43.3 Å². The van der Waals surface area contributed by atoms with E-state index in [0.717, 1.165) is 29.7 Å². The summed E-state index contributed by atoms with van der Waals surface area (Å²) < 4.78 is 27.9. The maximum absolute atomic E-state index is 13.2. The highest BCUT2D eigenvalue weighted by Crippen LogP contribution is 2.32. The Balaban J connectivity index is 1.57. The standard InChI is InChI=1S/C23H26N2O3S/c1-2-23(26)25-14-6-9-20-17-21(10-11-22(20)25)29(27,28)24-15-12-19(13-16-24)18-7-4-3-5-8-18/h3-5,7-8,10-12,17H,2,6,9,13-16H2,1H3. The first-order valence-corrected chi connectivity index (χ1v) is 11.6. The molecule has 2 aromatic rings.